The number of likely N-dealkylation sites (tertiary alicyclic amines) is 1. The van der Waals surface area contributed by atoms with Crippen molar-refractivity contribution in [2.24, 2.45) is 11.3 Å². The van der Waals surface area contributed by atoms with E-state index < -0.39 is 17.1 Å². The molecule has 196 valence electrons. The summed E-state index contributed by atoms with van der Waals surface area (Å²) in [7, 11) is 0. The van der Waals surface area contributed by atoms with Crippen molar-refractivity contribution in [2.45, 2.75) is 45.8 Å². The number of hydrogen-bond acceptors (Lipinski definition) is 7. The van der Waals surface area contributed by atoms with E-state index in [1.807, 2.05) is 44.7 Å². The molecule has 0 saturated carbocycles. The molecule has 36 heavy (non-hydrogen) atoms. The SMILES string of the molecule is CC(C)[C@@H](Nc1nc(C(=O)N2CCOCC2)cs1)C(=O)N1CC[C@](O)(c2ccc(Cl)cc2)C(C)(C)C1. The minimum atomic E-state index is -1.07. The lowest BCUT2D eigenvalue weighted by atomic mass is 9.66. The summed E-state index contributed by atoms with van der Waals surface area (Å²) in [5.41, 5.74) is -0.455. The fourth-order valence-electron chi connectivity index (χ4n) is 4.98. The largest absolute Gasteiger partial charge is 0.384 e. The van der Waals surface area contributed by atoms with E-state index in [0.717, 1.165) is 5.56 Å². The summed E-state index contributed by atoms with van der Waals surface area (Å²) in [4.78, 5) is 34.5. The third-order valence-corrected chi connectivity index (χ3v) is 8.34. The van der Waals surface area contributed by atoms with Gasteiger partial charge in [0.1, 0.15) is 11.7 Å². The molecule has 1 aromatic carbocycles. The highest BCUT2D eigenvalue weighted by Gasteiger charge is 2.50. The molecule has 2 aromatic rings. The van der Waals surface area contributed by atoms with Crippen LogP contribution in [0.2, 0.25) is 5.02 Å². The number of aromatic nitrogens is 1. The van der Waals surface area contributed by atoms with Gasteiger partial charge in [0, 0.05) is 42.0 Å². The Labute approximate surface area is 221 Å². The molecule has 0 unspecified atom stereocenters. The van der Waals surface area contributed by atoms with Crippen molar-refractivity contribution in [1.29, 1.82) is 0 Å². The van der Waals surface area contributed by atoms with Gasteiger partial charge in [-0.15, -0.1) is 11.3 Å². The Balaban J connectivity index is 1.45. The topological polar surface area (TPSA) is 95.0 Å². The fourth-order valence-corrected chi connectivity index (χ4v) is 5.83. The first kappa shape index (κ1) is 26.9. The first-order chi connectivity index (χ1) is 17.0. The van der Waals surface area contributed by atoms with E-state index in [1.165, 1.54) is 11.3 Å². The lowest BCUT2D eigenvalue weighted by Gasteiger charge is -2.51. The molecule has 10 heteroatoms. The van der Waals surface area contributed by atoms with Gasteiger partial charge in [0.2, 0.25) is 5.91 Å². The maximum Gasteiger partial charge on any atom is 0.273 e. The van der Waals surface area contributed by atoms with Crippen LogP contribution in [-0.4, -0.2) is 77.1 Å². The lowest BCUT2D eigenvalue weighted by molar-refractivity contribution is -0.154. The van der Waals surface area contributed by atoms with E-state index >= 15 is 0 Å². The molecule has 2 amide bonds. The minimum Gasteiger partial charge on any atom is -0.384 e. The molecular formula is C26H35ClN4O4S. The molecule has 2 atom stereocenters. The van der Waals surface area contributed by atoms with Crippen LogP contribution >= 0.6 is 22.9 Å². The van der Waals surface area contributed by atoms with Crippen LogP contribution < -0.4 is 5.32 Å². The lowest BCUT2D eigenvalue weighted by Crippen LogP contribution is -2.59. The molecule has 2 N–H and O–H groups in total. The quantitative estimate of drug-likeness (QED) is 0.584. The minimum absolute atomic E-state index is 0.0000163. The highest BCUT2D eigenvalue weighted by atomic mass is 35.5. The summed E-state index contributed by atoms with van der Waals surface area (Å²) in [6.45, 7) is 11.0. The number of carbonyl (C=O) groups is 2. The van der Waals surface area contributed by atoms with Gasteiger partial charge in [-0.3, -0.25) is 9.59 Å². The number of amides is 2. The molecule has 3 heterocycles. The Kier molecular flexibility index (Phi) is 7.95. The van der Waals surface area contributed by atoms with Crippen molar-refractivity contribution < 1.29 is 19.4 Å². The fraction of sp³-hybridized carbons (Fsp3) is 0.577. The predicted molar refractivity (Wildman–Crippen MR) is 141 cm³/mol. The molecule has 2 fully saturated rings. The van der Waals surface area contributed by atoms with Crippen LogP contribution in [0, 0.1) is 11.3 Å². The number of rotatable bonds is 6. The highest BCUT2D eigenvalue weighted by molar-refractivity contribution is 7.13. The number of piperidine rings is 1. The number of thiazole rings is 1. The number of morpholine rings is 1. The number of halogens is 1. The van der Waals surface area contributed by atoms with Gasteiger partial charge in [-0.25, -0.2) is 4.98 Å². The Bertz CT molecular complexity index is 1080. The summed E-state index contributed by atoms with van der Waals surface area (Å²) in [5.74, 6) is -0.151. The van der Waals surface area contributed by atoms with Crippen LogP contribution in [0.5, 0.6) is 0 Å². The van der Waals surface area contributed by atoms with Crippen LogP contribution in [0.4, 0.5) is 5.13 Å². The molecule has 2 aliphatic heterocycles. The van der Waals surface area contributed by atoms with Gasteiger partial charge >= 0.3 is 0 Å². The van der Waals surface area contributed by atoms with Gasteiger partial charge in [0.15, 0.2) is 5.13 Å². The number of ether oxygens (including phenoxy) is 1. The van der Waals surface area contributed by atoms with Crippen LogP contribution in [0.15, 0.2) is 29.6 Å². The van der Waals surface area contributed by atoms with Crippen LogP contribution in [-0.2, 0) is 15.1 Å². The predicted octanol–water partition coefficient (Wildman–Crippen LogP) is 3.85. The number of aliphatic hydroxyl groups is 1. The van der Waals surface area contributed by atoms with Gasteiger partial charge in [0.25, 0.3) is 5.91 Å². The van der Waals surface area contributed by atoms with E-state index in [1.54, 1.807) is 22.4 Å². The number of nitrogens with zero attached hydrogens (tertiary/aromatic N) is 3. The van der Waals surface area contributed by atoms with Crippen molar-refractivity contribution in [3.63, 3.8) is 0 Å². The number of nitrogens with one attached hydrogen (secondary N) is 1. The number of benzene rings is 1. The zero-order valence-corrected chi connectivity index (χ0v) is 22.9. The number of carbonyl (C=O) groups excluding carboxylic acids is 2. The van der Waals surface area contributed by atoms with Gasteiger partial charge in [-0.2, -0.15) is 0 Å². The molecule has 2 aliphatic rings. The average molecular weight is 535 g/mol. The monoisotopic (exact) mass is 534 g/mol. The Hall–Kier alpha value is -2.20. The van der Waals surface area contributed by atoms with E-state index in [2.05, 4.69) is 10.3 Å². The van der Waals surface area contributed by atoms with Gasteiger partial charge in [0.05, 0.1) is 18.8 Å². The normalized spacial score (nSPS) is 23.0. The van der Waals surface area contributed by atoms with E-state index in [-0.39, 0.29) is 17.7 Å². The molecule has 0 aliphatic carbocycles. The van der Waals surface area contributed by atoms with Crippen molar-refractivity contribution in [3.05, 3.63) is 45.9 Å². The third kappa shape index (κ3) is 5.39. The molecule has 2 saturated heterocycles. The second kappa shape index (κ2) is 10.7. The maximum absolute atomic E-state index is 13.7. The van der Waals surface area contributed by atoms with Crippen LogP contribution in [0.3, 0.4) is 0 Å². The molecule has 1 aromatic heterocycles. The first-order valence-electron chi connectivity index (χ1n) is 12.4. The molecule has 4 rings (SSSR count). The van der Waals surface area contributed by atoms with Crippen LogP contribution in [0.1, 0.15) is 50.2 Å². The number of anilines is 1. The summed E-state index contributed by atoms with van der Waals surface area (Å²) in [6.07, 6.45) is 0.424. The second-order valence-corrected chi connectivity index (χ2v) is 11.9. The van der Waals surface area contributed by atoms with Gasteiger partial charge < -0.3 is 25.0 Å². The second-order valence-electron chi connectivity index (χ2n) is 10.6. The Morgan fingerprint density at radius 3 is 2.42 bits per heavy atom. The molecule has 0 bridgehead atoms. The third-order valence-electron chi connectivity index (χ3n) is 7.32. The highest BCUT2D eigenvalue weighted by Crippen LogP contribution is 2.46. The standard InChI is InChI=1S/C26H35ClN4O4S/c1-17(2)21(29-24-28-20(15-36-24)22(32)30-11-13-35-14-12-30)23(33)31-10-9-26(34,25(3,4)16-31)18-5-7-19(27)8-6-18/h5-8,15,17,21,34H,9-14,16H2,1-4H3,(H,28,29)/t21-,26+/m1/s1. The Morgan fingerprint density at radius 2 is 1.81 bits per heavy atom. The van der Waals surface area contributed by atoms with Gasteiger partial charge in [-0.1, -0.05) is 51.4 Å². The smallest absolute Gasteiger partial charge is 0.273 e. The maximum atomic E-state index is 13.7. The zero-order chi connectivity index (χ0) is 26.1. The first-order valence-corrected chi connectivity index (χ1v) is 13.6. The van der Waals surface area contributed by atoms with E-state index in [9.17, 15) is 14.7 Å². The number of hydrogen-bond donors (Lipinski definition) is 2. The van der Waals surface area contributed by atoms with Crippen LogP contribution in [0.25, 0.3) is 0 Å². The van der Waals surface area contributed by atoms with Crippen molar-refractivity contribution in [2.75, 3.05) is 44.7 Å². The van der Waals surface area contributed by atoms with Gasteiger partial charge in [-0.05, 0) is 30.0 Å². The van der Waals surface area contributed by atoms with Crippen molar-refractivity contribution in [3.8, 4) is 0 Å². The van der Waals surface area contributed by atoms with E-state index in [4.69, 9.17) is 16.3 Å². The molecule has 8 nitrogen and oxygen atoms in total. The average Bonchev–Trinajstić information content (AvgIpc) is 3.33. The molecule has 0 radical (unpaired) electrons. The van der Waals surface area contributed by atoms with E-state index in [0.29, 0.717) is 61.7 Å². The van der Waals surface area contributed by atoms with Crippen molar-refractivity contribution in [1.82, 2.24) is 14.8 Å². The summed E-state index contributed by atoms with van der Waals surface area (Å²) < 4.78 is 5.32. The summed E-state index contributed by atoms with van der Waals surface area (Å²) in [6, 6.07) is 6.79. The molecular weight excluding hydrogens is 500 g/mol. The summed E-state index contributed by atoms with van der Waals surface area (Å²) >= 11 is 7.38. The van der Waals surface area contributed by atoms with Crippen molar-refractivity contribution >= 4 is 39.9 Å². The zero-order valence-electron chi connectivity index (χ0n) is 21.3. The summed E-state index contributed by atoms with van der Waals surface area (Å²) in [5, 5.41) is 17.8. The Morgan fingerprint density at radius 1 is 1.14 bits per heavy atom. The molecule has 0 spiro atoms.